The Morgan fingerprint density at radius 2 is 1.64 bits per heavy atom. The molecule has 0 spiro atoms. The van der Waals surface area contributed by atoms with Crippen LogP contribution in [0.25, 0.3) is 6.08 Å². The highest BCUT2D eigenvalue weighted by molar-refractivity contribution is 6.13. The van der Waals surface area contributed by atoms with Gasteiger partial charge in [-0.25, -0.2) is 14.6 Å². The Kier molecular flexibility index (Phi) is 6.22. The van der Waals surface area contributed by atoms with Gasteiger partial charge in [-0.3, -0.25) is 0 Å². The average molecular weight is 443 g/mol. The number of carbonyl (C=O) groups excluding carboxylic acids is 2. The summed E-state index contributed by atoms with van der Waals surface area (Å²) in [5, 5.41) is 0. The van der Waals surface area contributed by atoms with Crippen molar-refractivity contribution in [2.75, 3.05) is 14.2 Å². The Hall–Kier alpha value is -4.39. The third kappa shape index (κ3) is 4.62. The summed E-state index contributed by atoms with van der Waals surface area (Å²) in [7, 11) is 2.95. The monoisotopic (exact) mass is 443 g/mol. The van der Waals surface area contributed by atoms with Crippen LogP contribution >= 0.6 is 0 Å². The molecule has 1 aliphatic heterocycles. The normalized spacial score (nSPS) is 14.0. The molecule has 1 aliphatic rings. The van der Waals surface area contributed by atoms with Crippen LogP contribution < -0.4 is 14.2 Å². The molecule has 0 amide bonds. The van der Waals surface area contributed by atoms with Crippen molar-refractivity contribution in [3.63, 3.8) is 0 Å². The summed E-state index contributed by atoms with van der Waals surface area (Å²) >= 11 is 0. The number of rotatable bonds is 6. The lowest BCUT2D eigenvalue weighted by atomic mass is 10.1. The lowest BCUT2D eigenvalue weighted by Gasteiger charge is -2.11. The molecule has 3 aromatic rings. The van der Waals surface area contributed by atoms with Crippen molar-refractivity contribution in [3.8, 4) is 17.2 Å². The van der Waals surface area contributed by atoms with Crippen LogP contribution in [0.4, 0.5) is 0 Å². The SMILES string of the molecule is COc1cc(C=C2N=C(c3ccccc3C)OC2=O)ccc1OC(=O)c1ccccc1OC. The van der Waals surface area contributed by atoms with E-state index in [0.29, 0.717) is 22.6 Å². The maximum Gasteiger partial charge on any atom is 0.363 e. The third-order valence-corrected chi connectivity index (χ3v) is 5.02. The van der Waals surface area contributed by atoms with Gasteiger partial charge in [0.15, 0.2) is 17.2 Å². The van der Waals surface area contributed by atoms with E-state index in [1.54, 1.807) is 48.5 Å². The van der Waals surface area contributed by atoms with Crippen molar-refractivity contribution < 1.29 is 28.5 Å². The van der Waals surface area contributed by atoms with E-state index < -0.39 is 11.9 Å². The first kappa shape index (κ1) is 21.8. The molecule has 33 heavy (non-hydrogen) atoms. The van der Waals surface area contributed by atoms with E-state index in [0.717, 1.165) is 11.1 Å². The molecule has 3 aromatic carbocycles. The number of para-hydroxylation sites is 1. The van der Waals surface area contributed by atoms with Crippen molar-refractivity contribution >= 4 is 23.9 Å². The van der Waals surface area contributed by atoms with Gasteiger partial charge in [-0.05, 0) is 54.5 Å². The summed E-state index contributed by atoms with van der Waals surface area (Å²) in [5.74, 6) is 0.0990. The number of cyclic esters (lactones) is 1. The molecule has 0 saturated heterocycles. The molecule has 0 bridgehead atoms. The predicted octanol–water partition coefficient (Wildman–Crippen LogP) is 4.58. The third-order valence-electron chi connectivity index (χ3n) is 5.02. The maximum absolute atomic E-state index is 12.6. The van der Waals surface area contributed by atoms with Crippen LogP contribution in [0, 0.1) is 6.92 Å². The van der Waals surface area contributed by atoms with Gasteiger partial charge in [0.2, 0.25) is 5.90 Å². The van der Waals surface area contributed by atoms with E-state index in [9.17, 15) is 9.59 Å². The minimum atomic E-state index is -0.580. The molecule has 0 fully saturated rings. The van der Waals surface area contributed by atoms with Gasteiger partial charge >= 0.3 is 11.9 Å². The molecular formula is C26H21NO6. The van der Waals surface area contributed by atoms with Crippen LogP contribution in [0.15, 0.2) is 77.4 Å². The summed E-state index contributed by atoms with van der Waals surface area (Å²) in [6.45, 7) is 1.92. The van der Waals surface area contributed by atoms with Crippen LogP contribution in [-0.2, 0) is 9.53 Å². The zero-order valence-electron chi connectivity index (χ0n) is 18.3. The number of nitrogens with zero attached hydrogens (tertiary/aromatic N) is 1. The molecule has 0 atom stereocenters. The molecule has 166 valence electrons. The van der Waals surface area contributed by atoms with Crippen molar-refractivity contribution in [1.82, 2.24) is 0 Å². The van der Waals surface area contributed by atoms with E-state index in [4.69, 9.17) is 18.9 Å². The minimum Gasteiger partial charge on any atom is -0.496 e. The Balaban J connectivity index is 1.59. The molecule has 0 aliphatic carbocycles. The number of aliphatic imine (C=N–C) groups is 1. The number of aryl methyl sites for hydroxylation is 1. The first-order valence-corrected chi connectivity index (χ1v) is 10.1. The van der Waals surface area contributed by atoms with Gasteiger partial charge in [-0.1, -0.05) is 36.4 Å². The Bertz CT molecular complexity index is 1290. The molecule has 0 N–H and O–H groups in total. The smallest absolute Gasteiger partial charge is 0.363 e. The number of hydrogen-bond donors (Lipinski definition) is 0. The van der Waals surface area contributed by atoms with Gasteiger partial charge in [-0.2, -0.15) is 0 Å². The van der Waals surface area contributed by atoms with E-state index in [1.165, 1.54) is 14.2 Å². The molecule has 7 nitrogen and oxygen atoms in total. The second kappa shape index (κ2) is 9.40. The van der Waals surface area contributed by atoms with Crippen LogP contribution in [0.1, 0.15) is 27.0 Å². The molecular weight excluding hydrogens is 422 g/mol. The standard InChI is InChI=1S/C26H21NO6/c1-16-8-4-5-9-18(16)24-27-20(26(29)33-24)14-17-12-13-22(23(15-17)31-3)32-25(28)19-10-6-7-11-21(19)30-2/h4-15H,1-3H3. The summed E-state index contributed by atoms with van der Waals surface area (Å²) in [5.41, 5.74) is 2.79. The van der Waals surface area contributed by atoms with Gasteiger partial charge < -0.3 is 18.9 Å². The summed E-state index contributed by atoms with van der Waals surface area (Å²) in [6, 6.07) is 19.2. The second-order valence-corrected chi connectivity index (χ2v) is 7.15. The van der Waals surface area contributed by atoms with Crippen LogP contribution in [0.2, 0.25) is 0 Å². The summed E-state index contributed by atoms with van der Waals surface area (Å²) in [6.07, 6.45) is 1.59. The van der Waals surface area contributed by atoms with Crippen molar-refractivity contribution in [2.45, 2.75) is 6.92 Å². The van der Waals surface area contributed by atoms with Gasteiger partial charge in [0.25, 0.3) is 0 Å². The highest BCUT2D eigenvalue weighted by atomic mass is 16.6. The number of ether oxygens (including phenoxy) is 4. The largest absolute Gasteiger partial charge is 0.496 e. The zero-order valence-corrected chi connectivity index (χ0v) is 18.3. The number of methoxy groups -OCH3 is 2. The molecule has 0 aromatic heterocycles. The first-order valence-electron chi connectivity index (χ1n) is 10.1. The Morgan fingerprint density at radius 1 is 0.909 bits per heavy atom. The summed E-state index contributed by atoms with van der Waals surface area (Å²) < 4.78 is 21.5. The average Bonchev–Trinajstić information content (AvgIpc) is 3.19. The fourth-order valence-electron chi connectivity index (χ4n) is 3.32. The minimum absolute atomic E-state index is 0.161. The fraction of sp³-hybridized carbons (Fsp3) is 0.115. The van der Waals surface area contributed by atoms with E-state index >= 15 is 0 Å². The summed E-state index contributed by atoms with van der Waals surface area (Å²) in [4.78, 5) is 29.3. The number of esters is 2. The Labute approximate surface area is 190 Å². The lowest BCUT2D eigenvalue weighted by Crippen LogP contribution is -2.10. The van der Waals surface area contributed by atoms with Crippen LogP contribution in [0.3, 0.4) is 0 Å². The van der Waals surface area contributed by atoms with Gasteiger partial charge in [-0.15, -0.1) is 0 Å². The highest BCUT2D eigenvalue weighted by Gasteiger charge is 2.25. The van der Waals surface area contributed by atoms with Crippen molar-refractivity contribution in [3.05, 3.63) is 94.7 Å². The van der Waals surface area contributed by atoms with Crippen molar-refractivity contribution in [2.24, 2.45) is 4.99 Å². The van der Waals surface area contributed by atoms with E-state index in [1.807, 2.05) is 31.2 Å². The number of benzene rings is 3. The number of hydrogen-bond acceptors (Lipinski definition) is 7. The van der Waals surface area contributed by atoms with Crippen molar-refractivity contribution in [1.29, 1.82) is 0 Å². The predicted molar refractivity (Wildman–Crippen MR) is 123 cm³/mol. The lowest BCUT2D eigenvalue weighted by molar-refractivity contribution is -0.129. The van der Waals surface area contributed by atoms with Crippen LogP contribution in [-0.4, -0.2) is 32.1 Å². The van der Waals surface area contributed by atoms with Gasteiger partial charge in [0.05, 0.1) is 14.2 Å². The fourth-order valence-corrected chi connectivity index (χ4v) is 3.32. The molecule has 7 heteroatoms. The molecule has 1 heterocycles. The highest BCUT2D eigenvalue weighted by Crippen LogP contribution is 2.31. The molecule has 0 saturated carbocycles. The topological polar surface area (TPSA) is 83.4 Å². The second-order valence-electron chi connectivity index (χ2n) is 7.15. The maximum atomic E-state index is 12.6. The molecule has 0 unspecified atom stereocenters. The number of carbonyl (C=O) groups is 2. The zero-order chi connectivity index (χ0) is 23.4. The quantitative estimate of drug-likeness (QED) is 0.315. The van der Waals surface area contributed by atoms with Crippen LogP contribution in [0.5, 0.6) is 17.2 Å². The van der Waals surface area contributed by atoms with E-state index in [-0.39, 0.29) is 17.3 Å². The van der Waals surface area contributed by atoms with Gasteiger partial charge in [0, 0.05) is 5.56 Å². The Morgan fingerprint density at radius 3 is 2.39 bits per heavy atom. The molecule has 4 rings (SSSR count). The van der Waals surface area contributed by atoms with Gasteiger partial charge in [0.1, 0.15) is 11.3 Å². The molecule has 0 radical (unpaired) electrons. The first-order chi connectivity index (χ1) is 16.0. The van der Waals surface area contributed by atoms with E-state index in [2.05, 4.69) is 4.99 Å².